The maximum atomic E-state index is 10.5. The fourth-order valence-electron chi connectivity index (χ4n) is 3.48. The quantitative estimate of drug-likeness (QED) is 0.845. The average Bonchev–Trinajstić information content (AvgIpc) is 2.46. The zero-order chi connectivity index (χ0) is 17.0. The van der Waals surface area contributed by atoms with Crippen molar-refractivity contribution in [2.75, 3.05) is 26.8 Å². The molecule has 0 aliphatic carbocycles. The summed E-state index contributed by atoms with van der Waals surface area (Å²) in [6.45, 7) is 8.11. The van der Waals surface area contributed by atoms with Crippen molar-refractivity contribution in [3.05, 3.63) is 34.9 Å². The summed E-state index contributed by atoms with van der Waals surface area (Å²) in [4.78, 5) is 2.16. The second-order valence-electron chi connectivity index (χ2n) is 7.17. The van der Waals surface area contributed by atoms with Gasteiger partial charge in [-0.3, -0.25) is 4.90 Å². The Morgan fingerprint density at radius 3 is 2.52 bits per heavy atom. The lowest BCUT2D eigenvalue weighted by Gasteiger charge is -2.35. The van der Waals surface area contributed by atoms with Crippen LogP contribution in [0.15, 0.2) is 18.2 Å². The number of benzene rings is 1. The minimum absolute atomic E-state index is 0.231. The maximum absolute atomic E-state index is 10.5. The van der Waals surface area contributed by atoms with Crippen LogP contribution >= 0.6 is 0 Å². The van der Waals surface area contributed by atoms with Crippen molar-refractivity contribution in [1.29, 1.82) is 0 Å². The van der Waals surface area contributed by atoms with E-state index in [9.17, 15) is 10.2 Å². The molecule has 0 amide bonds. The summed E-state index contributed by atoms with van der Waals surface area (Å²) in [5.41, 5.74) is 3.06. The summed E-state index contributed by atoms with van der Waals surface area (Å²) in [5, 5.41) is 20.9. The van der Waals surface area contributed by atoms with Crippen molar-refractivity contribution in [3.63, 3.8) is 0 Å². The normalized spacial score (nSPS) is 20.5. The van der Waals surface area contributed by atoms with Crippen molar-refractivity contribution in [2.24, 2.45) is 0 Å². The van der Waals surface area contributed by atoms with Crippen molar-refractivity contribution < 1.29 is 14.9 Å². The lowest BCUT2D eigenvalue weighted by Crippen LogP contribution is -2.42. The second-order valence-corrected chi connectivity index (χ2v) is 7.17. The molecule has 0 radical (unpaired) electrons. The van der Waals surface area contributed by atoms with Crippen molar-refractivity contribution in [2.45, 2.75) is 57.8 Å². The minimum atomic E-state index is -0.776. The van der Waals surface area contributed by atoms with Gasteiger partial charge in [-0.15, -0.1) is 0 Å². The Bertz CT molecular complexity index is 511. The van der Waals surface area contributed by atoms with Crippen LogP contribution in [0.2, 0.25) is 0 Å². The van der Waals surface area contributed by atoms with Gasteiger partial charge >= 0.3 is 0 Å². The third-order valence-electron chi connectivity index (χ3n) is 5.07. The summed E-state index contributed by atoms with van der Waals surface area (Å²) in [6.07, 6.45) is 1.11. The first-order chi connectivity index (χ1) is 10.8. The van der Waals surface area contributed by atoms with E-state index in [-0.39, 0.29) is 6.04 Å². The van der Waals surface area contributed by atoms with Gasteiger partial charge in [0.05, 0.1) is 11.7 Å². The molecule has 4 nitrogen and oxygen atoms in total. The molecule has 130 valence electrons. The molecule has 1 heterocycles. The van der Waals surface area contributed by atoms with Crippen LogP contribution in [0.5, 0.6) is 0 Å². The van der Waals surface area contributed by atoms with E-state index >= 15 is 0 Å². The molecule has 1 aromatic rings. The van der Waals surface area contributed by atoms with Crippen LogP contribution in [-0.2, 0) is 4.74 Å². The fraction of sp³-hybridized carbons (Fsp3) is 0.684. The molecule has 4 heteroatoms. The van der Waals surface area contributed by atoms with E-state index in [1.54, 1.807) is 0 Å². The molecule has 1 aliphatic heterocycles. The van der Waals surface area contributed by atoms with Crippen LogP contribution in [0.4, 0.5) is 0 Å². The SMILES string of the molecule is Cc1ccc(C(C)N(C)CC(O)CC2(O)CCOCC2)c(C)c1. The molecular formula is C19H31NO3. The standard InChI is InChI=1S/C19H31NO3/c1-14-5-6-18(15(2)11-14)16(3)20(4)13-17(21)12-19(22)7-9-23-10-8-19/h5-6,11,16-17,21-22H,7-10,12-13H2,1-4H3. The first kappa shape index (κ1) is 18.4. The van der Waals surface area contributed by atoms with Crippen LogP contribution in [0, 0.1) is 13.8 Å². The van der Waals surface area contributed by atoms with E-state index in [0.29, 0.717) is 39.0 Å². The summed E-state index contributed by atoms with van der Waals surface area (Å²) < 4.78 is 5.29. The highest BCUT2D eigenvalue weighted by Gasteiger charge is 2.32. The van der Waals surface area contributed by atoms with E-state index in [4.69, 9.17) is 4.74 Å². The van der Waals surface area contributed by atoms with Crippen molar-refractivity contribution in [3.8, 4) is 0 Å². The number of likely N-dealkylation sites (N-methyl/N-ethyl adjacent to an activating group) is 1. The average molecular weight is 321 g/mol. The molecule has 23 heavy (non-hydrogen) atoms. The molecule has 2 atom stereocenters. The number of ether oxygens (including phenoxy) is 1. The first-order valence-corrected chi connectivity index (χ1v) is 8.56. The number of aryl methyl sites for hydroxylation is 2. The van der Waals surface area contributed by atoms with Crippen LogP contribution in [0.25, 0.3) is 0 Å². The molecule has 0 saturated carbocycles. The minimum Gasteiger partial charge on any atom is -0.392 e. The predicted molar refractivity (Wildman–Crippen MR) is 92.6 cm³/mol. The van der Waals surface area contributed by atoms with Gasteiger partial charge in [-0.2, -0.15) is 0 Å². The molecule has 1 fully saturated rings. The third kappa shape index (κ3) is 5.01. The fourth-order valence-corrected chi connectivity index (χ4v) is 3.48. The zero-order valence-electron chi connectivity index (χ0n) is 14.9. The van der Waals surface area contributed by atoms with Gasteiger partial charge in [0.1, 0.15) is 0 Å². The van der Waals surface area contributed by atoms with Gasteiger partial charge in [-0.25, -0.2) is 0 Å². The Hall–Kier alpha value is -0.940. The molecule has 2 unspecified atom stereocenters. The second kappa shape index (κ2) is 7.75. The summed E-state index contributed by atoms with van der Waals surface area (Å²) in [7, 11) is 2.03. The molecule has 1 saturated heterocycles. The molecule has 2 N–H and O–H groups in total. The Morgan fingerprint density at radius 1 is 1.26 bits per heavy atom. The van der Waals surface area contributed by atoms with Gasteiger partial charge in [0.2, 0.25) is 0 Å². The Balaban J connectivity index is 1.93. The Labute approximate surface area is 140 Å². The van der Waals surface area contributed by atoms with Crippen LogP contribution in [0.3, 0.4) is 0 Å². The zero-order valence-corrected chi connectivity index (χ0v) is 14.9. The number of hydrogen-bond acceptors (Lipinski definition) is 4. The number of hydrogen-bond donors (Lipinski definition) is 2. The van der Waals surface area contributed by atoms with Gasteiger partial charge in [-0.1, -0.05) is 23.8 Å². The van der Waals surface area contributed by atoms with Gasteiger partial charge in [0.15, 0.2) is 0 Å². The topological polar surface area (TPSA) is 52.9 Å². The molecule has 0 spiro atoms. The predicted octanol–water partition coefficient (Wildman–Crippen LogP) is 2.59. The monoisotopic (exact) mass is 321 g/mol. The molecule has 1 aromatic carbocycles. The summed E-state index contributed by atoms with van der Waals surface area (Å²) >= 11 is 0. The van der Waals surface area contributed by atoms with E-state index in [2.05, 4.69) is 43.9 Å². The van der Waals surface area contributed by atoms with Gasteiger partial charge in [0.25, 0.3) is 0 Å². The van der Waals surface area contributed by atoms with E-state index in [0.717, 1.165) is 0 Å². The van der Waals surface area contributed by atoms with E-state index in [1.807, 2.05) is 7.05 Å². The van der Waals surface area contributed by atoms with Crippen LogP contribution in [0.1, 0.15) is 48.9 Å². The van der Waals surface area contributed by atoms with Gasteiger partial charge < -0.3 is 14.9 Å². The lowest BCUT2D eigenvalue weighted by molar-refractivity contribution is -0.0896. The van der Waals surface area contributed by atoms with Crippen molar-refractivity contribution >= 4 is 0 Å². The van der Waals surface area contributed by atoms with Gasteiger partial charge in [-0.05, 0) is 51.8 Å². The summed E-state index contributed by atoms with van der Waals surface area (Å²) in [6, 6.07) is 6.73. The highest BCUT2D eigenvalue weighted by molar-refractivity contribution is 5.32. The summed E-state index contributed by atoms with van der Waals surface area (Å²) in [5.74, 6) is 0. The van der Waals surface area contributed by atoms with E-state index in [1.165, 1.54) is 16.7 Å². The highest BCUT2D eigenvalue weighted by Crippen LogP contribution is 2.28. The van der Waals surface area contributed by atoms with Crippen LogP contribution in [-0.4, -0.2) is 53.6 Å². The highest BCUT2D eigenvalue weighted by atomic mass is 16.5. The smallest absolute Gasteiger partial charge is 0.0716 e. The van der Waals surface area contributed by atoms with Gasteiger partial charge in [0, 0.05) is 32.2 Å². The Kier molecular flexibility index (Phi) is 6.20. The molecule has 1 aliphatic rings. The molecule has 2 rings (SSSR count). The molecule has 0 bridgehead atoms. The number of aliphatic hydroxyl groups excluding tert-OH is 1. The third-order valence-corrected chi connectivity index (χ3v) is 5.07. The Morgan fingerprint density at radius 2 is 1.91 bits per heavy atom. The first-order valence-electron chi connectivity index (χ1n) is 8.56. The molecular weight excluding hydrogens is 290 g/mol. The van der Waals surface area contributed by atoms with E-state index < -0.39 is 11.7 Å². The van der Waals surface area contributed by atoms with Crippen molar-refractivity contribution in [1.82, 2.24) is 4.90 Å². The maximum Gasteiger partial charge on any atom is 0.0716 e. The van der Waals surface area contributed by atoms with Crippen LogP contribution < -0.4 is 0 Å². The molecule has 0 aromatic heterocycles. The number of aliphatic hydroxyl groups is 2. The lowest BCUT2D eigenvalue weighted by atomic mass is 9.88. The largest absolute Gasteiger partial charge is 0.392 e. The number of nitrogens with zero attached hydrogens (tertiary/aromatic N) is 1. The number of rotatable bonds is 6.